The largest absolute Gasteiger partial charge is 0.331 e. The van der Waals surface area contributed by atoms with Gasteiger partial charge in [-0.25, -0.2) is 4.79 Å². The molecule has 0 aliphatic rings. The molecular formula is C7H11NO3. The lowest BCUT2D eigenvalue weighted by molar-refractivity contribution is -0.140. The van der Waals surface area contributed by atoms with Crippen LogP contribution in [0.15, 0.2) is 5.16 Å². The quantitative estimate of drug-likeness (QED) is 0.196. The first-order chi connectivity index (χ1) is 5.27. The van der Waals surface area contributed by atoms with Gasteiger partial charge in [-0.05, 0) is 12.8 Å². The zero-order chi connectivity index (χ0) is 8.53. The van der Waals surface area contributed by atoms with Crippen molar-refractivity contribution < 1.29 is 14.4 Å². The summed E-state index contributed by atoms with van der Waals surface area (Å²) in [6, 6.07) is 0. The highest BCUT2D eigenvalue weighted by molar-refractivity contribution is 5.67. The number of aldehydes is 1. The third-order valence-corrected chi connectivity index (χ3v) is 0.911. The van der Waals surface area contributed by atoms with Crippen LogP contribution >= 0.6 is 0 Å². The normalized spacial score (nSPS) is 9.91. The zero-order valence-electron chi connectivity index (χ0n) is 6.45. The molecule has 0 N–H and O–H groups in total. The number of nitrogens with zero attached hydrogens (tertiary/aromatic N) is 1. The minimum absolute atomic E-state index is 0.434. The maximum Gasteiger partial charge on any atom is 0.331 e. The van der Waals surface area contributed by atoms with Gasteiger partial charge in [0.25, 0.3) is 0 Å². The van der Waals surface area contributed by atoms with Crippen LogP contribution in [-0.4, -0.2) is 18.5 Å². The van der Waals surface area contributed by atoms with Crippen LogP contribution in [0.1, 0.15) is 26.2 Å². The SMILES string of the molecule is CC(=O)ON=CCCCC=O. The Labute approximate surface area is 65.2 Å². The first kappa shape index (κ1) is 9.81. The summed E-state index contributed by atoms with van der Waals surface area (Å²) in [7, 11) is 0. The van der Waals surface area contributed by atoms with Crippen molar-refractivity contribution in [3.63, 3.8) is 0 Å². The van der Waals surface area contributed by atoms with E-state index < -0.39 is 5.97 Å². The van der Waals surface area contributed by atoms with Crippen molar-refractivity contribution in [2.24, 2.45) is 5.16 Å². The van der Waals surface area contributed by atoms with Crippen molar-refractivity contribution >= 4 is 18.5 Å². The summed E-state index contributed by atoms with van der Waals surface area (Å²) in [6.07, 6.45) is 4.25. The van der Waals surface area contributed by atoms with E-state index in [4.69, 9.17) is 0 Å². The van der Waals surface area contributed by atoms with E-state index >= 15 is 0 Å². The number of hydrogen-bond acceptors (Lipinski definition) is 4. The summed E-state index contributed by atoms with van der Waals surface area (Å²) < 4.78 is 0. The Morgan fingerprint density at radius 3 is 2.82 bits per heavy atom. The van der Waals surface area contributed by atoms with Crippen molar-refractivity contribution in [2.75, 3.05) is 0 Å². The molecule has 11 heavy (non-hydrogen) atoms. The fourth-order valence-electron chi connectivity index (χ4n) is 0.457. The van der Waals surface area contributed by atoms with E-state index in [0.29, 0.717) is 12.8 Å². The van der Waals surface area contributed by atoms with Crippen LogP contribution in [0.2, 0.25) is 0 Å². The topological polar surface area (TPSA) is 55.7 Å². The van der Waals surface area contributed by atoms with Crippen LogP contribution in [0.5, 0.6) is 0 Å². The van der Waals surface area contributed by atoms with Gasteiger partial charge in [-0.1, -0.05) is 5.16 Å². The second-order valence-electron chi connectivity index (χ2n) is 1.97. The first-order valence-corrected chi connectivity index (χ1v) is 3.40. The molecule has 0 fully saturated rings. The van der Waals surface area contributed by atoms with E-state index in [1.807, 2.05) is 0 Å². The van der Waals surface area contributed by atoms with Gasteiger partial charge in [-0.3, -0.25) is 0 Å². The van der Waals surface area contributed by atoms with Gasteiger partial charge in [0, 0.05) is 19.6 Å². The van der Waals surface area contributed by atoms with Gasteiger partial charge in [-0.2, -0.15) is 0 Å². The Morgan fingerprint density at radius 1 is 1.55 bits per heavy atom. The van der Waals surface area contributed by atoms with Gasteiger partial charge in [0.1, 0.15) is 6.29 Å². The van der Waals surface area contributed by atoms with Gasteiger partial charge in [0.05, 0.1) is 0 Å². The van der Waals surface area contributed by atoms with Crippen molar-refractivity contribution in [2.45, 2.75) is 26.2 Å². The van der Waals surface area contributed by atoms with Crippen LogP contribution in [0.25, 0.3) is 0 Å². The second-order valence-corrected chi connectivity index (χ2v) is 1.97. The molecule has 0 aliphatic heterocycles. The zero-order valence-corrected chi connectivity index (χ0v) is 6.45. The van der Waals surface area contributed by atoms with Gasteiger partial charge < -0.3 is 9.63 Å². The maximum atomic E-state index is 10.1. The molecule has 0 saturated carbocycles. The molecule has 0 aliphatic carbocycles. The van der Waals surface area contributed by atoms with Crippen molar-refractivity contribution in [3.05, 3.63) is 0 Å². The van der Waals surface area contributed by atoms with Gasteiger partial charge in [-0.15, -0.1) is 0 Å². The fourth-order valence-corrected chi connectivity index (χ4v) is 0.457. The Kier molecular flexibility index (Phi) is 6.17. The van der Waals surface area contributed by atoms with Gasteiger partial charge in [0.15, 0.2) is 0 Å². The average molecular weight is 157 g/mol. The molecule has 4 heteroatoms. The fraction of sp³-hybridized carbons (Fsp3) is 0.571. The lowest BCUT2D eigenvalue weighted by Crippen LogP contribution is -1.91. The molecule has 62 valence electrons. The molecule has 0 aromatic rings. The van der Waals surface area contributed by atoms with Crippen LogP contribution in [0.4, 0.5) is 0 Å². The van der Waals surface area contributed by atoms with E-state index in [-0.39, 0.29) is 0 Å². The van der Waals surface area contributed by atoms with E-state index in [0.717, 1.165) is 12.7 Å². The number of rotatable bonds is 5. The van der Waals surface area contributed by atoms with Crippen LogP contribution in [0, 0.1) is 0 Å². The molecule has 0 unspecified atom stereocenters. The molecule has 4 nitrogen and oxygen atoms in total. The Bertz CT molecular complexity index is 154. The predicted octanol–water partition coefficient (Wildman–Crippen LogP) is 0.905. The van der Waals surface area contributed by atoms with Crippen molar-refractivity contribution in [1.29, 1.82) is 0 Å². The lowest BCUT2D eigenvalue weighted by atomic mass is 10.3. The maximum absolute atomic E-state index is 10.1. The molecule has 0 bridgehead atoms. The molecule has 0 heterocycles. The summed E-state index contributed by atoms with van der Waals surface area (Å²) in [5.74, 6) is -0.434. The molecule has 0 saturated heterocycles. The number of hydrogen-bond donors (Lipinski definition) is 0. The van der Waals surface area contributed by atoms with E-state index in [1.54, 1.807) is 0 Å². The highest BCUT2D eigenvalue weighted by Gasteiger charge is 1.86. The second kappa shape index (κ2) is 6.92. The van der Waals surface area contributed by atoms with Crippen LogP contribution < -0.4 is 0 Å². The number of oxime groups is 1. The van der Waals surface area contributed by atoms with Crippen LogP contribution in [-0.2, 0) is 14.4 Å². The molecule has 0 aromatic carbocycles. The number of unbranched alkanes of at least 4 members (excludes halogenated alkanes) is 2. The highest BCUT2D eigenvalue weighted by Crippen LogP contribution is 1.88. The standard InChI is InChI=1S/C7H11NO3/c1-7(10)11-8-5-3-2-4-6-9/h5-6H,2-4H2,1H3. The van der Waals surface area contributed by atoms with Gasteiger partial charge >= 0.3 is 5.97 Å². The van der Waals surface area contributed by atoms with E-state index in [2.05, 4.69) is 9.99 Å². The molecule has 0 radical (unpaired) electrons. The minimum atomic E-state index is -0.434. The Balaban J connectivity index is 3.16. The average Bonchev–Trinajstić information content (AvgIpc) is 1.96. The summed E-state index contributed by atoms with van der Waals surface area (Å²) >= 11 is 0. The van der Waals surface area contributed by atoms with Crippen LogP contribution in [0.3, 0.4) is 0 Å². The molecule has 0 aromatic heterocycles. The monoisotopic (exact) mass is 157 g/mol. The Hall–Kier alpha value is -1.19. The smallest absolute Gasteiger partial charge is 0.319 e. The summed E-state index contributed by atoms with van der Waals surface area (Å²) in [5, 5.41) is 3.35. The predicted molar refractivity (Wildman–Crippen MR) is 40.2 cm³/mol. The van der Waals surface area contributed by atoms with Crippen molar-refractivity contribution in [3.8, 4) is 0 Å². The molecule has 0 rings (SSSR count). The molecular weight excluding hydrogens is 146 g/mol. The third kappa shape index (κ3) is 8.81. The molecule has 0 spiro atoms. The summed E-state index contributed by atoms with van der Waals surface area (Å²) in [4.78, 5) is 24.2. The Morgan fingerprint density at radius 2 is 2.27 bits per heavy atom. The van der Waals surface area contributed by atoms with E-state index in [1.165, 1.54) is 13.1 Å². The number of carbonyl (C=O) groups is 2. The highest BCUT2D eigenvalue weighted by atomic mass is 16.7. The third-order valence-electron chi connectivity index (χ3n) is 0.911. The number of carbonyl (C=O) groups excluding carboxylic acids is 2. The molecule has 0 atom stereocenters. The summed E-state index contributed by atoms with van der Waals surface area (Å²) in [6.45, 7) is 1.28. The first-order valence-electron chi connectivity index (χ1n) is 3.40. The van der Waals surface area contributed by atoms with Crippen molar-refractivity contribution in [1.82, 2.24) is 0 Å². The summed E-state index contributed by atoms with van der Waals surface area (Å²) in [5.41, 5.74) is 0. The molecule has 0 amide bonds. The van der Waals surface area contributed by atoms with E-state index in [9.17, 15) is 9.59 Å². The minimum Gasteiger partial charge on any atom is -0.319 e. The lowest BCUT2D eigenvalue weighted by Gasteiger charge is -1.88. The van der Waals surface area contributed by atoms with Gasteiger partial charge in [0.2, 0.25) is 0 Å².